The van der Waals surface area contributed by atoms with E-state index < -0.39 is 0 Å². The number of aromatic amines is 1. The number of benzene rings is 1. The Bertz CT molecular complexity index is 1540. The van der Waals surface area contributed by atoms with Crippen LogP contribution in [0.4, 0.5) is 5.82 Å². The number of aromatic nitrogens is 4. The summed E-state index contributed by atoms with van der Waals surface area (Å²) in [6.45, 7) is 2.10. The van der Waals surface area contributed by atoms with Gasteiger partial charge in [-0.2, -0.15) is 0 Å². The number of rotatable bonds is 11. The third-order valence-electron chi connectivity index (χ3n) is 7.93. The van der Waals surface area contributed by atoms with Crippen molar-refractivity contribution in [3.63, 3.8) is 0 Å². The number of piperidine rings is 1. The van der Waals surface area contributed by atoms with E-state index >= 15 is 0 Å². The fourth-order valence-electron chi connectivity index (χ4n) is 5.54. The first-order valence-electron chi connectivity index (χ1n) is 14.1. The van der Waals surface area contributed by atoms with Crippen molar-refractivity contribution in [1.29, 1.82) is 0 Å². The van der Waals surface area contributed by atoms with Crippen LogP contribution < -0.4 is 21.1 Å². The third kappa shape index (κ3) is 6.65. The van der Waals surface area contributed by atoms with Crippen LogP contribution in [-0.2, 0) is 16.1 Å². The Balaban J connectivity index is 1.15. The number of carbonyl (C=O) groups is 2. The monoisotopic (exact) mass is 572 g/mol. The van der Waals surface area contributed by atoms with Gasteiger partial charge in [0.25, 0.3) is 11.5 Å². The van der Waals surface area contributed by atoms with E-state index in [-0.39, 0.29) is 35.8 Å². The van der Waals surface area contributed by atoms with Crippen LogP contribution in [-0.4, -0.2) is 83.0 Å². The molecule has 0 saturated carbocycles. The van der Waals surface area contributed by atoms with Gasteiger partial charge in [-0.25, -0.2) is 15.0 Å². The summed E-state index contributed by atoms with van der Waals surface area (Å²) in [5.41, 5.74) is 1.77. The maximum atomic E-state index is 12.9. The lowest BCUT2D eigenvalue weighted by molar-refractivity contribution is -0.120. The molecule has 0 radical (unpaired) electrons. The quantitative estimate of drug-likeness (QED) is 0.293. The first-order chi connectivity index (χ1) is 20.5. The number of hydrogen-bond donors (Lipinski definition) is 3. The Labute approximate surface area is 243 Å². The number of methoxy groups -OCH3 is 1. The van der Waals surface area contributed by atoms with E-state index in [1.165, 1.54) is 11.9 Å². The number of nitrogens with one attached hydrogen (secondary N) is 3. The molecule has 2 amide bonds. The number of likely N-dealkylation sites (N-methyl/N-ethyl adjacent to an activating group) is 1. The van der Waals surface area contributed by atoms with Gasteiger partial charge >= 0.3 is 0 Å². The molecule has 0 spiro atoms. The molecule has 1 fully saturated rings. The maximum absolute atomic E-state index is 12.9. The molecule has 1 saturated heterocycles. The van der Waals surface area contributed by atoms with Crippen molar-refractivity contribution in [3.05, 3.63) is 82.0 Å². The van der Waals surface area contributed by atoms with Crippen molar-refractivity contribution in [3.8, 4) is 0 Å². The summed E-state index contributed by atoms with van der Waals surface area (Å²) in [5.74, 6) is 1.49. The zero-order valence-electron chi connectivity index (χ0n) is 23.9. The number of allylic oxidation sites excluding steroid dienone is 1. The molecule has 2 aromatic heterocycles. The molecular formula is C30H36N8O4. The van der Waals surface area contributed by atoms with Crippen molar-refractivity contribution in [2.45, 2.75) is 44.3 Å². The van der Waals surface area contributed by atoms with Gasteiger partial charge in [0.05, 0.1) is 24.6 Å². The Morgan fingerprint density at radius 3 is 2.81 bits per heavy atom. The minimum atomic E-state index is -0.389. The van der Waals surface area contributed by atoms with Crippen LogP contribution >= 0.6 is 0 Å². The molecule has 42 heavy (non-hydrogen) atoms. The Kier molecular flexibility index (Phi) is 9.22. The lowest BCUT2D eigenvalue weighted by Crippen LogP contribution is -2.45. The number of para-hydroxylation sites is 1. The first-order valence-corrected chi connectivity index (χ1v) is 14.1. The molecule has 220 valence electrons. The van der Waals surface area contributed by atoms with Gasteiger partial charge in [-0.05, 0) is 62.6 Å². The summed E-state index contributed by atoms with van der Waals surface area (Å²) in [4.78, 5) is 56.9. The van der Waals surface area contributed by atoms with Crippen molar-refractivity contribution < 1.29 is 14.3 Å². The lowest BCUT2D eigenvalue weighted by atomic mass is 9.94. The molecule has 1 aliphatic heterocycles. The number of H-pyrrole nitrogens is 1. The van der Waals surface area contributed by atoms with E-state index in [1.54, 1.807) is 31.4 Å². The van der Waals surface area contributed by atoms with E-state index in [4.69, 9.17) is 4.74 Å². The van der Waals surface area contributed by atoms with Gasteiger partial charge in [-0.15, -0.1) is 0 Å². The van der Waals surface area contributed by atoms with Crippen LogP contribution in [0.1, 0.15) is 42.0 Å². The molecule has 5 rings (SSSR count). The molecule has 3 N–H and O–H groups in total. The van der Waals surface area contributed by atoms with Gasteiger partial charge in [0.1, 0.15) is 29.4 Å². The Hall–Kier alpha value is -4.58. The number of ether oxygens (including phenoxy) is 1. The average Bonchev–Trinajstić information content (AvgIpc) is 3.04. The number of amides is 2. The fourth-order valence-corrected chi connectivity index (χ4v) is 5.54. The molecule has 3 aromatic rings. The SMILES string of the molecule is CNC1CC=C(OC)C=C1CCN(C=O)C1CCN(c2cc(C(=O)NCc3nc4ccccc4c(=O)[nH]3)ncn2)CC1. The van der Waals surface area contributed by atoms with E-state index in [1.807, 2.05) is 18.0 Å². The van der Waals surface area contributed by atoms with Crippen LogP contribution in [0.5, 0.6) is 0 Å². The number of anilines is 1. The molecule has 1 unspecified atom stereocenters. The standard InChI is InChI=1S/C30H36N8O4/c1-31-24-8-7-22(42-2)15-20(24)9-12-38(19-39)21-10-13-37(14-11-21)28-16-26(33-18-34-28)30(41)32-17-27-35-25-6-4-3-5-23(25)29(40)36-27/h3-7,15-16,18-19,21,24,31H,8-14,17H2,1-2H3,(H,32,41)(H,35,36,40). The van der Waals surface area contributed by atoms with E-state index in [2.05, 4.69) is 47.6 Å². The predicted molar refractivity (Wildman–Crippen MR) is 159 cm³/mol. The van der Waals surface area contributed by atoms with Crippen molar-refractivity contribution >= 4 is 29.0 Å². The Morgan fingerprint density at radius 2 is 2.05 bits per heavy atom. The average molecular weight is 573 g/mol. The van der Waals surface area contributed by atoms with E-state index in [0.29, 0.717) is 42.2 Å². The van der Waals surface area contributed by atoms with Crippen LogP contribution in [0, 0.1) is 0 Å². The summed E-state index contributed by atoms with van der Waals surface area (Å²) >= 11 is 0. The highest BCUT2D eigenvalue weighted by Crippen LogP contribution is 2.24. The molecule has 12 heteroatoms. The lowest BCUT2D eigenvalue weighted by Gasteiger charge is -2.37. The summed E-state index contributed by atoms with van der Waals surface area (Å²) in [5, 5.41) is 6.61. The van der Waals surface area contributed by atoms with Gasteiger partial charge < -0.3 is 30.2 Å². The highest BCUT2D eigenvalue weighted by Gasteiger charge is 2.26. The van der Waals surface area contributed by atoms with Gasteiger partial charge in [-0.3, -0.25) is 14.4 Å². The minimum absolute atomic E-state index is 0.0558. The van der Waals surface area contributed by atoms with Gasteiger partial charge in [0.15, 0.2) is 0 Å². The summed E-state index contributed by atoms with van der Waals surface area (Å²) < 4.78 is 5.41. The molecule has 2 aliphatic rings. The smallest absolute Gasteiger partial charge is 0.270 e. The van der Waals surface area contributed by atoms with E-state index in [9.17, 15) is 14.4 Å². The summed E-state index contributed by atoms with van der Waals surface area (Å²) in [7, 11) is 3.62. The Morgan fingerprint density at radius 1 is 1.24 bits per heavy atom. The second kappa shape index (κ2) is 13.4. The minimum Gasteiger partial charge on any atom is -0.497 e. The maximum Gasteiger partial charge on any atom is 0.270 e. The highest BCUT2D eigenvalue weighted by atomic mass is 16.5. The predicted octanol–water partition coefficient (Wildman–Crippen LogP) is 1.91. The van der Waals surface area contributed by atoms with Crippen LogP contribution in [0.25, 0.3) is 10.9 Å². The first kappa shape index (κ1) is 28.9. The number of carbonyl (C=O) groups excluding carboxylic acids is 2. The zero-order chi connectivity index (χ0) is 29.5. The summed E-state index contributed by atoms with van der Waals surface area (Å²) in [6.07, 6.45) is 9.70. The zero-order valence-corrected chi connectivity index (χ0v) is 23.9. The molecular weight excluding hydrogens is 536 g/mol. The largest absolute Gasteiger partial charge is 0.497 e. The molecule has 1 atom stereocenters. The molecule has 1 aromatic carbocycles. The number of nitrogens with zero attached hydrogens (tertiary/aromatic N) is 5. The van der Waals surface area contributed by atoms with E-state index in [0.717, 1.165) is 37.9 Å². The van der Waals surface area contributed by atoms with Crippen molar-refractivity contribution in [1.82, 2.24) is 35.5 Å². The van der Waals surface area contributed by atoms with Gasteiger partial charge in [0, 0.05) is 37.8 Å². The van der Waals surface area contributed by atoms with Crippen molar-refractivity contribution in [2.75, 3.05) is 38.7 Å². The number of fused-ring (bicyclic) bond motifs is 1. The van der Waals surface area contributed by atoms with Crippen LogP contribution in [0.2, 0.25) is 0 Å². The summed E-state index contributed by atoms with van der Waals surface area (Å²) in [6, 6.07) is 9.09. The third-order valence-corrected chi connectivity index (χ3v) is 7.93. The molecule has 0 bridgehead atoms. The van der Waals surface area contributed by atoms with Crippen LogP contribution in [0.3, 0.4) is 0 Å². The second-order valence-electron chi connectivity index (χ2n) is 10.4. The topological polar surface area (TPSA) is 145 Å². The molecule has 12 nitrogen and oxygen atoms in total. The number of hydrogen-bond acceptors (Lipinski definition) is 9. The van der Waals surface area contributed by atoms with Gasteiger partial charge in [-0.1, -0.05) is 12.1 Å². The molecule has 1 aliphatic carbocycles. The van der Waals surface area contributed by atoms with Crippen LogP contribution in [0.15, 0.2) is 64.9 Å². The molecule has 3 heterocycles. The van der Waals surface area contributed by atoms with Gasteiger partial charge in [0.2, 0.25) is 6.41 Å². The highest BCUT2D eigenvalue weighted by molar-refractivity contribution is 5.92. The second-order valence-corrected chi connectivity index (χ2v) is 10.4. The normalized spacial score (nSPS) is 17.4. The fraction of sp³-hybridized carbons (Fsp3) is 0.400. The van der Waals surface area contributed by atoms with Crippen molar-refractivity contribution in [2.24, 2.45) is 0 Å².